The molecule has 162 valence electrons. The number of aryl methyl sites for hydroxylation is 8. The van der Waals surface area contributed by atoms with Crippen molar-refractivity contribution >= 4 is 75.2 Å². The van der Waals surface area contributed by atoms with E-state index in [2.05, 4.69) is 85.0 Å². The quantitative estimate of drug-likeness (QED) is 0.244. The molecule has 0 aliphatic rings. The van der Waals surface area contributed by atoms with Crippen LogP contribution in [-0.2, 0) is 0 Å². The van der Waals surface area contributed by atoms with Crippen LogP contribution >= 0.6 is 34.0 Å². The Hall–Kier alpha value is -1.88. The van der Waals surface area contributed by atoms with Gasteiger partial charge in [-0.05, 0) is 76.7 Å². The molecule has 0 amide bonds. The third kappa shape index (κ3) is 3.31. The minimum Gasteiger partial charge on any atom is -0.147 e. The molecule has 2 aromatic carbocycles. The smallest absolute Gasteiger partial charge is 0.147 e. The second kappa shape index (κ2) is 7.86. The van der Waals surface area contributed by atoms with Crippen LogP contribution in [0.5, 0.6) is 0 Å². The Morgan fingerprint density at radius 1 is 0.531 bits per heavy atom. The molecule has 0 unspecified atom stereocenters. The highest BCUT2D eigenvalue weighted by atomic mass is 32.1. The summed E-state index contributed by atoms with van der Waals surface area (Å²) >= 11 is 5.94. The summed E-state index contributed by atoms with van der Waals surface area (Å²) in [6.07, 6.45) is 0. The minimum atomic E-state index is 0.275. The molecule has 0 bridgehead atoms. The van der Waals surface area contributed by atoms with E-state index in [1.807, 2.05) is 34.0 Å². The van der Waals surface area contributed by atoms with Crippen molar-refractivity contribution < 1.29 is 0 Å². The molecule has 0 saturated carbocycles. The summed E-state index contributed by atoms with van der Waals surface area (Å²) in [4.78, 5) is 0. The predicted molar refractivity (Wildman–Crippen MR) is 151 cm³/mol. The summed E-state index contributed by atoms with van der Waals surface area (Å²) in [6, 6.07) is 9.45. The summed E-state index contributed by atoms with van der Waals surface area (Å²) < 4.78 is 7.46. The fourth-order valence-corrected chi connectivity index (χ4v) is 9.87. The van der Waals surface area contributed by atoms with E-state index in [9.17, 15) is 0 Å². The molecule has 32 heavy (non-hydrogen) atoms. The number of hydrogen-bond acceptors (Lipinski definition) is 3. The number of benzene rings is 2. The van der Waals surface area contributed by atoms with Crippen molar-refractivity contribution in [2.24, 2.45) is 0 Å². The normalized spacial score (nSPS) is 11.8. The number of hydrogen-bond donors (Lipinski definition) is 0. The topological polar surface area (TPSA) is 0 Å². The van der Waals surface area contributed by atoms with Crippen molar-refractivity contribution in [2.75, 3.05) is 0 Å². The van der Waals surface area contributed by atoms with Gasteiger partial charge in [0, 0.05) is 4.70 Å². The van der Waals surface area contributed by atoms with Gasteiger partial charge in [-0.3, -0.25) is 0 Å². The van der Waals surface area contributed by atoms with Gasteiger partial charge in [0.1, 0.15) is 0 Å². The maximum Gasteiger partial charge on any atom is 0.255 e. The molecular weight excluding hydrogens is 443 g/mol. The first-order chi connectivity index (χ1) is 15.2. The van der Waals surface area contributed by atoms with Crippen molar-refractivity contribution in [3.8, 4) is 0 Å². The van der Waals surface area contributed by atoms with Crippen LogP contribution in [0.3, 0.4) is 0 Å². The molecule has 5 aromatic rings. The van der Waals surface area contributed by atoms with E-state index in [0.717, 1.165) is 0 Å². The predicted octanol–water partition coefficient (Wildman–Crippen LogP) is 7.16. The van der Waals surface area contributed by atoms with E-state index in [1.165, 1.54) is 79.0 Å². The van der Waals surface area contributed by atoms with Gasteiger partial charge in [-0.2, -0.15) is 0 Å². The van der Waals surface area contributed by atoms with Gasteiger partial charge in [0.2, 0.25) is 0 Å². The molecule has 0 aliphatic carbocycles. The van der Waals surface area contributed by atoms with E-state index >= 15 is 0 Å². The van der Waals surface area contributed by atoms with Gasteiger partial charge >= 0.3 is 0 Å². The van der Waals surface area contributed by atoms with Gasteiger partial charge in [0.15, 0.2) is 0 Å². The third-order valence-corrected chi connectivity index (χ3v) is 11.1. The Morgan fingerprint density at radius 2 is 1.03 bits per heavy atom. The summed E-state index contributed by atoms with van der Waals surface area (Å²) in [5.41, 5.74) is 14.2. The molecule has 0 nitrogen and oxygen atoms in total. The molecule has 0 spiro atoms. The van der Waals surface area contributed by atoms with E-state index in [4.69, 9.17) is 0 Å². The Labute approximate surface area is 204 Å². The van der Waals surface area contributed by atoms with E-state index in [-0.39, 0.29) is 6.71 Å². The number of rotatable bonds is 3. The van der Waals surface area contributed by atoms with E-state index < -0.39 is 0 Å². The monoisotopic (exact) mass is 472 g/mol. The average Bonchev–Trinajstić information content (AvgIpc) is 3.32. The zero-order chi connectivity index (χ0) is 22.9. The van der Waals surface area contributed by atoms with Crippen molar-refractivity contribution in [3.63, 3.8) is 0 Å². The van der Waals surface area contributed by atoms with Gasteiger partial charge in [0.05, 0.1) is 14.1 Å². The van der Waals surface area contributed by atoms with Gasteiger partial charge in [0.25, 0.3) is 6.71 Å². The van der Waals surface area contributed by atoms with Crippen molar-refractivity contribution in [3.05, 3.63) is 74.2 Å². The fraction of sp³-hybridized carbons (Fsp3) is 0.286. The first kappa shape index (κ1) is 21.9. The second-order valence-electron chi connectivity index (χ2n) is 9.49. The lowest BCUT2D eigenvalue weighted by atomic mass is 9.36. The van der Waals surface area contributed by atoms with Crippen molar-refractivity contribution in [2.45, 2.75) is 55.4 Å². The molecule has 4 heteroatoms. The molecule has 0 N–H and O–H groups in total. The first-order valence-corrected chi connectivity index (χ1v) is 13.7. The molecule has 0 fully saturated rings. The summed E-state index contributed by atoms with van der Waals surface area (Å²) in [5.74, 6) is 0. The molecule has 5 rings (SSSR count). The van der Waals surface area contributed by atoms with Crippen molar-refractivity contribution in [1.29, 1.82) is 0 Å². The SMILES string of the molecule is Cc1cc(C)c(B(c2sc3c(sc4c(C)csc43)c2C)c2c(C)cc(C)cc2C)c(C)c1. The van der Waals surface area contributed by atoms with Crippen molar-refractivity contribution in [1.82, 2.24) is 0 Å². The Balaban J connectivity index is 1.87. The van der Waals surface area contributed by atoms with Crippen LogP contribution < -0.4 is 15.7 Å². The number of fused-ring (bicyclic) bond motifs is 3. The van der Waals surface area contributed by atoms with Crippen LogP contribution in [0.25, 0.3) is 18.8 Å². The molecule has 0 atom stereocenters. The standard InChI is InChI=1S/C28H29BS3/c1-14-9-16(3)22(17(4)10-14)29(23-18(5)11-15(2)12-19(23)6)28-21(8)25-27(32-28)26-24(31-25)20(7)13-30-26/h9-13H,1-8H3. The Morgan fingerprint density at radius 3 is 1.53 bits per heavy atom. The van der Waals surface area contributed by atoms with Gasteiger partial charge in [-0.15, -0.1) is 34.0 Å². The lowest BCUT2D eigenvalue weighted by Gasteiger charge is -2.24. The average molecular weight is 473 g/mol. The molecule has 3 aromatic heterocycles. The summed E-state index contributed by atoms with van der Waals surface area (Å²) in [5, 5.41) is 2.31. The maximum atomic E-state index is 2.36. The van der Waals surface area contributed by atoms with Gasteiger partial charge < -0.3 is 0 Å². The molecule has 3 heterocycles. The third-order valence-electron chi connectivity index (χ3n) is 6.77. The summed E-state index contributed by atoms with van der Waals surface area (Å²) in [6.45, 7) is 18.5. The van der Waals surface area contributed by atoms with Crippen LogP contribution in [0.4, 0.5) is 0 Å². The zero-order valence-corrected chi connectivity index (χ0v) is 22.6. The highest BCUT2D eigenvalue weighted by Crippen LogP contribution is 2.43. The van der Waals surface area contributed by atoms with Crippen LogP contribution in [0.1, 0.15) is 44.5 Å². The molecule has 0 radical (unpaired) electrons. The Kier molecular flexibility index (Phi) is 5.39. The minimum absolute atomic E-state index is 0.275. The maximum absolute atomic E-state index is 2.36. The molecular formula is C28H29BS3. The first-order valence-electron chi connectivity index (χ1n) is 11.2. The van der Waals surface area contributed by atoms with Gasteiger partial charge in [-0.1, -0.05) is 68.6 Å². The van der Waals surface area contributed by atoms with Gasteiger partial charge in [-0.25, -0.2) is 0 Å². The largest absolute Gasteiger partial charge is 0.255 e. The lowest BCUT2D eigenvalue weighted by molar-refractivity contribution is 1.34. The highest BCUT2D eigenvalue weighted by molar-refractivity contribution is 7.42. The summed E-state index contributed by atoms with van der Waals surface area (Å²) in [7, 11) is 0. The molecule has 0 aliphatic heterocycles. The fourth-order valence-electron chi connectivity index (χ4n) is 5.58. The van der Waals surface area contributed by atoms with Crippen LogP contribution in [0.15, 0.2) is 29.6 Å². The van der Waals surface area contributed by atoms with E-state index in [0.29, 0.717) is 0 Å². The zero-order valence-electron chi connectivity index (χ0n) is 20.2. The van der Waals surface area contributed by atoms with E-state index in [1.54, 1.807) is 0 Å². The van der Waals surface area contributed by atoms with Crippen LogP contribution in [0, 0.1) is 55.4 Å². The Bertz CT molecular complexity index is 1410. The number of thiophene rings is 3. The van der Waals surface area contributed by atoms with Crippen LogP contribution in [-0.4, -0.2) is 6.71 Å². The second-order valence-corrected chi connectivity index (χ2v) is 12.4. The lowest BCUT2D eigenvalue weighted by Crippen LogP contribution is -2.55. The van der Waals surface area contributed by atoms with Crippen LogP contribution in [0.2, 0.25) is 0 Å². The highest BCUT2D eigenvalue weighted by Gasteiger charge is 2.32. The molecule has 0 saturated heterocycles.